The first-order valence-corrected chi connectivity index (χ1v) is 11.0. The predicted molar refractivity (Wildman–Crippen MR) is 130 cm³/mol. The van der Waals surface area contributed by atoms with Crippen LogP contribution in [0.5, 0.6) is 0 Å². The molecule has 1 heterocycles. The van der Waals surface area contributed by atoms with Gasteiger partial charge in [0, 0.05) is 12.6 Å². The zero-order chi connectivity index (χ0) is 27.7. The first kappa shape index (κ1) is 29.7. The van der Waals surface area contributed by atoms with Crippen LogP contribution in [-0.4, -0.2) is 9.55 Å². The lowest BCUT2D eigenvalue weighted by molar-refractivity contribution is -0.140. The maximum absolute atomic E-state index is 13.7. The molecule has 0 aliphatic heterocycles. The van der Waals surface area contributed by atoms with E-state index in [1.807, 2.05) is 6.07 Å². The molecule has 0 bridgehead atoms. The lowest BCUT2D eigenvalue weighted by Gasteiger charge is -2.21. The Hall–Kier alpha value is -3.88. The van der Waals surface area contributed by atoms with Crippen molar-refractivity contribution in [3.63, 3.8) is 0 Å². The fourth-order valence-electron chi connectivity index (χ4n) is 4.04. The maximum Gasteiger partial charge on any atom is 0.419 e. The van der Waals surface area contributed by atoms with Crippen LogP contribution in [-0.2, 0) is 30.7 Å². The summed E-state index contributed by atoms with van der Waals surface area (Å²) in [6.45, 7) is -0.381. The van der Waals surface area contributed by atoms with Gasteiger partial charge in [-0.25, -0.2) is 9.37 Å². The Bertz CT molecular complexity index is 1510. The van der Waals surface area contributed by atoms with Crippen LogP contribution in [0.4, 0.5) is 30.7 Å². The highest BCUT2D eigenvalue weighted by atomic mass is 35.5. The Kier molecular flexibility index (Phi) is 8.73. The summed E-state index contributed by atoms with van der Waals surface area (Å²) in [4.78, 5) is 4.03. The van der Waals surface area contributed by atoms with Crippen molar-refractivity contribution in [1.82, 2.24) is 9.55 Å². The summed E-state index contributed by atoms with van der Waals surface area (Å²) in [6, 6.07) is 13.4. The normalized spacial score (nSPS) is 12.5. The van der Waals surface area contributed by atoms with E-state index in [0.29, 0.717) is 23.4 Å². The van der Waals surface area contributed by atoms with Crippen LogP contribution >= 0.6 is 12.4 Å². The molecule has 1 unspecified atom stereocenters. The van der Waals surface area contributed by atoms with Crippen molar-refractivity contribution in [2.75, 3.05) is 0 Å². The highest BCUT2D eigenvalue weighted by molar-refractivity contribution is 5.85. The topological polar surface area (TPSA) is 50.8 Å². The summed E-state index contributed by atoms with van der Waals surface area (Å²) >= 11 is 0. The monoisotopic (exact) mass is 569 g/mol. The van der Waals surface area contributed by atoms with Crippen molar-refractivity contribution >= 4 is 12.4 Å². The molecule has 12 heteroatoms. The Morgan fingerprint density at radius 1 is 0.923 bits per heavy atom. The van der Waals surface area contributed by atoms with Crippen LogP contribution in [0.3, 0.4) is 0 Å². The number of alkyl halides is 6. The third kappa shape index (κ3) is 6.41. The van der Waals surface area contributed by atoms with Crippen molar-refractivity contribution in [3.05, 3.63) is 113 Å². The number of rotatable bonds is 6. The van der Waals surface area contributed by atoms with E-state index in [9.17, 15) is 36.0 Å². The molecule has 0 aliphatic rings. The van der Waals surface area contributed by atoms with Gasteiger partial charge < -0.3 is 9.30 Å². The molecule has 4 nitrogen and oxygen atoms in total. The van der Waals surface area contributed by atoms with Gasteiger partial charge in [0.25, 0.3) is 0 Å². The molecule has 1 aromatic heterocycles. The number of benzene rings is 3. The van der Waals surface area contributed by atoms with Crippen molar-refractivity contribution in [2.24, 2.45) is 7.05 Å². The van der Waals surface area contributed by atoms with Crippen molar-refractivity contribution in [3.8, 4) is 17.2 Å². The first-order valence-electron chi connectivity index (χ1n) is 11.0. The highest BCUT2D eigenvalue weighted by Crippen LogP contribution is 2.40. The Balaban J connectivity index is 0.00000420. The van der Waals surface area contributed by atoms with Crippen LogP contribution in [0.15, 0.2) is 73.2 Å². The molecular formula is C27H19ClF7N3O. The van der Waals surface area contributed by atoms with E-state index in [1.165, 1.54) is 48.9 Å². The van der Waals surface area contributed by atoms with E-state index in [4.69, 9.17) is 4.74 Å². The third-order valence-electron chi connectivity index (χ3n) is 5.86. The molecular weight excluding hydrogens is 551 g/mol. The molecule has 0 amide bonds. The van der Waals surface area contributed by atoms with Crippen LogP contribution in [0, 0.1) is 17.1 Å². The molecule has 4 aromatic rings. The molecule has 0 radical (unpaired) electrons. The molecule has 0 N–H and O–H groups in total. The SMILES string of the molecule is Cl.Cn1cncc1C(OCc1ccc(F)c(C(F)(F)F)c1)c1ccc(C#N)c(-c2ccccc2C(F)(F)F)c1. The maximum atomic E-state index is 13.7. The molecule has 0 aliphatic carbocycles. The molecule has 1 atom stereocenters. The minimum atomic E-state index is -4.91. The second-order valence-corrected chi connectivity index (χ2v) is 8.39. The van der Waals surface area contributed by atoms with Gasteiger partial charge in [-0.15, -0.1) is 12.4 Å². The van der Waals surface area contributed by atoms with Gasteiger partial charge in [0.2, 0.25) is 0 Å². The quantitative estimate of drug-likeness (QED) is 0.222. The van der Waals surface area contributed by atoms with Gasteiger partial charge in [-0.2, -0.15) is 31.6 Å². The molecule has 204 valence electrons. The second-order valence-electron chi connectivity index (χ2n) is 8.39. The predicted octanol–water partition coefficient (Wildman–Crippen LogP) is 7.86. The summed E-state index contributed by atoms with van der Waals surface area (Å²) in [5.74, 6) is -1.43. The van der Waals surface area contributed by atoms with Crippen molar-refractivity contribution in [2.45, 2.75) is 25.1 Å². The number of ether oxygens (including phenoxy) is 1. The zero-order valence-electron chi connectivity index (χ0n) is 20.0. The number of hydrogen-bond acceptors (Lipinski definition) is 3. The first-order chi connectivity index (χ1) is 17.9. The van der Waals surface area contributed by atoms with E-state index in [-0.39, 0.29) is 41.3 Å². The molecule has 0 saturated carbocycles. The number of aryl methyl sites for hydroxylation is 1. The van der Waals surface area contributed by atoms with Gasteiger partial charge in [-0.05, 0) is 47.0 Å². The summed E-state index contributed by atoms with van der Waals surface area (Å²) in [7, 11) is 1.64. The van der Waals surface area contributed by atoms with Gasteiger partial charge in [-0.1, -0.05) is 30.3 Å². The summed E-state index contributed by atoms with van der Waals surface area (Å²) in [5.41, 5.74) is -1.78. The molecule has 39 heavy (non-hydrogen) atoms. The smallest absolute Gasteiger partial charge is 0.363 e. The zero-order valence-corrected chi connectivity index (χ0v) is 20.8. The average Bonchev–Trinajstić information content (AvgIpc) is 3.29. The minimum absolute atomic E-state index is 0. The van der Waals surface area contributed by atoms with Crippen molar-refractivity contribution < 1.29 is 35.5 Å². The number of nitriles is 1. The van der Waals surface area contributed by atoms with Gasteiger partial charge >= 0.3 is 12.4 Å². The Morgan fingerprint density at radius 2 is 1.62 bits per heavy atom. The number of aromatic nitrogens is 2. The lowest BCUT2D eigenvalue weighted by atomic mass is 9.92. The van der Waals surface area contributed by atoms with E-state index < -0.39 is 35.4 Å². The fourth-order valence-corrected chi connectivity index (χ4v) is 4.04. The largest absolute Gasteiger partial charge is 0.419 e. The van der Waals surface area contributed by atoms with Crippen molar-refractivity contribution in [1.29, 1.82) is 5.26 Å². The van der Waals surface area contributed by atoms with Crippen LogP contribution in [0.25, 0.3) is 11.1 Å². The number of imidazole rings is 1. The van der Waals surface area contributed by atoms with E-state index in [0.717, 1.165) is 12.1 Å². The fraction of sp³-hybridized carbons (Fsp3) is 0.185. The number of halogens is 8. The van der Waals surface area contributed by atoms with E-state index >= 15 is 0 Å². The number of nitrogens with zero attached hydrogens (tertiary/aromatic N) is 3. The van der Waals surface area contributed by atoms with Crippen LogP contribution in [0.1, 0.15) is 39.6 Å². The summed E-state index contributed by atoms with van der Waals surface area (Å²) < 4.78 is 102. The molecule has 0 spiro atoms. The van der Waals surface area contributed by atoms with E-state index in [1.54, 1.807) is 11.6 Å². The van der Waals surface area contributed by atoms with Gasteiger partial charge in [0.05, 0.1) is 47.6 Å². The van der Waals surface area contributed by atoms with Gasteiger partial charge in [-0.3, -0.25) is 0 Å². The summed E-state index contributed by atoms with van der Waals surface area (Å²) in [5, 5.41) is 9.60. The van der Waals surface area contributed by atoms with E-state index in [2.05, 4.69) is 4.98 Å². The summed E-state index contributed by atoms with van der Waals surface area (Å²) in [6.07, 6.45) is -7.69. The Morgan fingerprint density at radius 3 is 2.23 bits per heavy atom. The van der Waals surface area contributed by atoms with Gasteiger partial charge in [0.1, 0.15) is 11.9 Å². The molecule has 3 aromatic carbocycles. The molecule has 0 saturated heterocycles. The minimum Gasteiger partial charge on any atom is -0.363 e. The third-order valence-corrected chi connectivity index (χ3v) is 5.86. The van der Waals surface area contributed by atoms with Gasteiger partial charge in [0.15, 0.2) is 0 Å². The molecule has 0 fully saturated rings. The average molecular weight is 570 g/mol. The lowest BCUT2D eigenvalue weighted by Crippen LogP contribution is -2.13. The van der Waals surface area contributed by atoms with Crippen LogP contribution < -0.4 is 0 Å². The second kappa shape index (κ2) is 11.5. The standard InChI is InChI=1S/C27H18F7N3O.ClH/c1-37-15-36-13-24(37)25(38-14-16-6-9-23(28)22(10-16)27(32,33)34)17-7-8-18(12-35)20(11-17)19-4-2-3-5-21(19)26(29,30)31;/h2-11,13,15,25H,14H2,1H3;1H. The highest BCUT2D eigenvalue weighted by Gasteiger charge is 2.35. The molecule has 4 rings (SSSR count). The Labute approximate surface area is 224 Å². The van der Waals surface area contributed by atoms with Crippen LogP contribution in [0.2, 0.25) is 0 Å². The number of hydrogen-bond donors (Lipinski definition) is 0.